The molecule has 0 saturated carbocycles. The van der Waals surface area contributed by atoms with Crippen LogP contribution in [0, 0.1) is 11.3 Å². The predicted molar refractivity (Wildman–Crippen MR) is 93.2 cm³/mol. The van der Waals surface area contributed by atoms with Crippen molar-refractivity contribution in [2.45, 2.75) is 47.0 Å². The quantitative estimate of drug-likeness (QED) is 0.673. The SMILES string of the molecule is CC(=O)c1cc(Br)ccc1N1CCCC(C(C)(C)C)CC1. The predicted octanol–water partition coefficient (Wildman–Crippen LogP) is 5.30. The third kappa shape index (κ3) is 4.09. The van der Waals surface area contributed by atoms with E-state index in [0.29, 0.717) is 5.41 Å². The molecule has 116 valence electrons. The van der Waals surface area contributed by atoms with E-state index in [2.05, 4.69) is 47.7 Å². The summed E-state index contributed by atoms with van der Waals surface area (Å²) >= 11 is 3.47. The van der Waals surface area contributed by atoms with Crippen molar-refractivity contribution >= 4 is 27.4 Å². The Hall–Kier alpha value is -0.830. The minimum absolute atomic E-state index is 0.142. The zero-order valence-electron chi connectivity index (χ0n) is 13.6. The Morgan fingerprint density at radius 1 is 1.24 bits per heavy atom. The van der Waals surface area contributed by atoms with Crippen LogP contribution in [-0.4, -0.2) is 18.9 Å². The van der Waals surface area contributed by atoms with Gasteiger partial charge in [-0.3, -0.25) is 4.79 Å². The van der Waals surface area contributed by atoms with Crippen LogP contribution in [0.25, 0.3) is 0 Å². The van der Waals surface area contributed by atoms with Gasteiger partial charge in [-0.25, -0.2) is 0 Å². The number of rotatable bonds is 2. The first-order valence-electron chi connectivity index (χ1n) is 7.84. The van der Waals surface area contributed by atoms with Gasteiger partial charge >= 0.3 is 0 Å². The number of anilines is 1. The maximum atomic E-state index is 11.9. The van der Waals surface area contributed by atoms with Gasteiger partial charge < -0.3 is 4.90 Å². The summed E-state index contributed by atoms with van der Waals surface area (Å²) in [6.07, 6.45) is 3.69. The molecule has 1 unspecified atom stereocenters. The molecule has 21 heavy (non-hydrogen) atoms. The third-order valence-corrected chi connectivity index (χ3v) is 5.12. The van der Waals surface area contributed by atoms with Crippen molar-refractivity contribution in [2.75, 3.05) is 18.0 Å². The fourth-order valence-electron chi connectivity index (χ4n) is 3.27. The van der Waals surface area contributed by atoms with Gasteiger partial charge in [0.2, 0.25) is 0 Å². The highest BCUT2D eigenvalue weighted by molar-refractivity contribution is 9.10. The summed E-state index contributed by atoms with van der Waals surface area (Å²) in [5.74, 6) is 0.904. The Morgan fingerprint density at radius 3 is 2.57 bits per heavy atom. The summed E-state index contributed by atoms with van der Waals surface area (Å²) in [5.41, 5.74) is 2.30. The molecule has 0 spiro atoms. The van der Waals surface area contributed by atoms with E-state index in [4.69, 9.17) is 0 Å². The zero-order chi connectivity index (χ0) is 15.6. The number of nitrogens with zero attached hydrogens (tertiary/aromatic N) is 1. The molecule has 3 heteroatoms. The van der Waals surface area contributed by atoms with Crippen molar-refractivity contribution in [1.29, 1.82) is 0 Å². The third-order valence-electron chi connectivity index (χ3n) is 4.63. The zero-order valence-corrected chi connectivity index (χ0v) is 15.2. The second-order valence-corrected chi connectivity index (χ2v) is 8.11. The molecule has 0 aromatic heterocycles. The van der Waals surface area contributed by atoms with E-state index in [9.17, 15) is 4.79 Å². The Labute approximate surface area is 137 Å². The van der Waals surface area contributed by atoms with E-state index in [1.807, 2.05) is 12.1 Å². The van der Waals surface area contributed by atoms with Gasteiger partial charge in [0.15, 0.2) is 5.78 Å². The molecule has 1 heterocycles. The summed E-state index contributed by atoms with van der Waals surface area (Å²) in [7, 11) is 0. The summed E-state index contributed by atoms with van der Waals surface area (Å²) in [6, 6.07) is 6.07. The lowest BCUT2D eigenvalue weighted by molar-refractivity contribution is 0.101. The number of hydrogen-bond acceptors (Lipinski definition) is 2. The molecule has 2 nitrogen and oxygen atoms in total. The molecule has 1 atom stereocenters. The first kappa shape index (κ1) is 16.5. The fourth-order valence-corrected chi connectivity index (χ4v) is 3.63. The Kier molecular flexibility index (Phi) is 5.13. The number of benzene rings is 1. The van der Waals surface area contributed by atoms with Crippen molar-refractivity contribution in [3.63, 3.8) is 0 Å². The molecule has 1 saturated heterocycles. The molecule has 1 aromatic carbocycles. The highest BCUT2D eigenvalue weighted by atomic mass is 79.9. The molecule has 0 amide bonds. The van der Waals surface area contributed by atoms with Gasteiger partial charge in [-0.1, -0.05) is 36.7 Å². The number of Topliss-reactive ketones (excluding diaryl/α,β-unsaturated/α-hetero) is 1. The van der Waals surface area contributed by atoms with Crippen LogP contribution >= 0.6 is 15.9 Å². The van der Waals surface area contributed by atoms with Gasteiger partial charge in [0, 0.05) is 28.8 Å². The number of carbonyl (C=O) groups is 1. The second-order valence-electron chi connectivity index (χ2n) is 7.20. The molecular formula is C18H26BrNO. The van der Waals surface area contributed by atoms with Gasteiger partial charge in [0.1, 0.15) is 0 Å². The molecule has 1 aliphatic rings. The maximum absolute atomic E-state index is 11.9. The molecule has 0 bridgehead atoms. The molecule has 0 N–H and O–H groups in total. The van der Waals surface area contributed by atoms with E-state index < -0.39 is 0 Å². The molecule has 1 aliphatic heterocycles. The van der Waals surface area contributed by atoms with Crippen LogP contribution in [0.3, 0.4) is 0 Å². The summed E-state index contributed by atoms with van der Waals surface area (Å²) in [5, 5.41) is 0. The lowest BCUT2D eigenvalue weighted by Crippen LogP contribution is -2.27. The monoisotopic (exact) mass is 351 g/mol. The van der Waals surface area contributed by atoms with Crippen molar-refractivity contribution in [3.8, 4) is 0 Å². The van der Waals surface area contributed by atoms with Crippen LogP contribution in [0.2, 0.25) is 0 Å². The van der Waals surface area contributed by atoms with Gasteiger partial charge in [-0.15, -0.1) is 0 Å². The first-order chi connectivity index (χ1) is 9.79. The van der Waals surface area contributed by atoms with Crippen molar-refractivity contribution in [1.82, 2.24) is 0 Å². The van der Waals surface area contributed by atoms with E-state index in [1.165, 1.54) is 19.3 Å². The van der Waals surface area contributed by atoms with E-state index in [-0.39, 0.29) is 5.78 Å². The van der Waals surface area contributed by atoms with Crippen molar-refractivity contribution < 1.29 is 4.79 Å². The van der Waals surface area contributed by atoms with E-state index in [1.54, 1.807) is 6.92 Å². The van der Waals surface area contributed by atoms with Crippen LogP contribution in [0.5, 0.6) is 0 Å². The van der Waals surface area contributed by atoms with E-state index in [0.717, 1.165) is 34.7 Å². The van der Waals surface area contributed by atoms with Gasteiger partial charge in [-0.05, 0) is 55.7 Å². The average Bonchev–Trinajstić information content (AvgIpc) is 2.63. The Morgan fingerprint density at radius 2 is 1.95 bits per heavy atom. The van der Waals surface area contributed by atoms with Crippen LogP contribution in [0.4, 0.5) is 5.69 Å². The molecule has 0 radical (unpaired) electrons. The van der Waals surface area contributed by atoms with Crippen molar-refractivity contribution in [2.24, 2.45) is 11.3 Å². The van der Waals surface area contributed by atoms with Gasteiger partial charge in [-0.2, -0.15) is 0 Å². The number of halogens is 1. The summed E-state index contributed by atoms with van der Waals surface area (Å²) in [4.78, 5) is 14.3. The normalized spacial score (nSPS) is 20.2. The molecule has 1 aromatic rings. The van der Waals surface area contributed by atoms with Crippen LogP contribution in [0.15, 0.2) is 22.7 Å². The first-order valence-corrected chi connectivity index (χ1v) is 8.64. The largest absolute Gasteiger partial charge is 0.371 e. The summed E-state index contributed by atoms with van der Waals surface area (Å²) < 4.78 is 0.971. The lowest BCUT2D eigenvalue weighted by Gasteiger charge is -2.30. The van der Waals surface area contributed by atoms with E-state index >= 15 is 0 Å². The number of hydrogen-bond donors (Lipinski definition) is 0. The standard InChI is InChI=1S/C18H26BrNO/c1-13(21)16-12-15(19)7-8-17(16)20-10-5-6-14(9-11-20)18(2,3)4/h7-8,12,14H,5-6,9-11H2,1-4H3. The van der Waals surface area contributed by atoms with Crippen LogP contribution in [-0.2, 0) is 0 Å². The molecule has 2 rings (SSSR count). The topological polar surface area (TPSA) is 20.3 Å². The Bertz CT molecular complexity index is 518. The van der Waals surface area contributed by atoms with Gasteiger partial charge in [0.25, 0.3) is 0 Å². The van der Waals surface area contributed by atoms with Gasteiger partial charge in [0.05, 0.1) is 0 Å². The Balaban J connectivity index is 2.22. The molecule has 0 aliphatic carbocycles. The lowest BCUT2D eigenvalue weighted by atomic mass is 9.77. The number of carbonyl (C=O) groups excluding carboxylic acids is 1. The smallest absolute Gasteiger partial charge is 0.161 e. The fraction of sp³-hybridized carbons (Fsp3) is 0.611. The highest BCUT2D eigenvalue weighted by Gasteiger charge is 2.27. The second kappa shape index (κ2) is 6.51. The average molecular weight is 352 g/mol. The molecule has 1 fully saturated rings. The van der Waals surface area contributed by atoms with Crippen molar-refractivity contribution in [3.05, 3.63) is 28.2 Å². The number of ketones is 1. The van der Waals surface area contributed by atoms with Crippen LogP contribution in [0.1, 0.15) is 57.3 Å². The molecular weight excluding hydrogens is 326 g/mol. The highest BCUT2D eigenvalue weighted by Crippen LogP contribution is 2.36. The minimum Gasteiger partial charge on any atom is -0.371 e. The maximum Gasteiger partial charge on any atom is 0.161 e. The minimum atomic E-state index is 0.142. The van der Waals surface area contributed by atoms with Crippen LogP contribution < -0.4 is 4.90 Å². The summed E-state index contributed by atoms with van der Waals surface area (Å²) in [6.45, 7) is 10.8.